The monoisotopic (exact) mass is 343 g/mol. The topological polar surface area (TPSA) is 23.5 Å². The van der Waals surface area contributed by atoms with E-state index in [1.54, 1.807) is 0 Å². The first kappa shape index (κ1) is 18.9. The van der Waals surface area contributed by atoms with Crippen LogP contribution in [0.25, 0.3) is 0 Å². The lowest BCUT2D eigenvalue weighted by molar-refractivity contribution is -0.0383. The van der Waals surface area contributed by atoms with Gasteiger partial charge in [-0.1, -0.05) is 68.9 Å². The second-order valence-electron chi connectivity index (χ2n) is 8.46. The molecule has 1 unspecified atom stereocenters. The second-order valence-corrected chi connectivity index (χ2v) is 8.46. The third kappa shape index (κ3) is 5.82. The summed E-state index contributed by atoms with van der Waals surface area (Å²) in [4.78, 5) is 2.61. The third-order valence-corrected chi connectivity index (χ3v) is 6.53. The third-order valence-electron chi connectivity index (χ3n) is 6.53. The number of hydrogen-bond acceptors (Lipinski definition) is 2. The first-order valence-corrected chi connectivity index (χ1v) is 10.7. The van der Waals surface area contributed by atoms with Gasteiger partial charge in [0.1, 0.15) is 0 Å². The summed E-state index contributed by atoms with van der Waals surface area (Å²) in [5.74, 6) is 0.474. The number of nitrogens with zero attached hydrogens (tertiary/aromatic N) is 1. The summed E-state index contributed by atoms with van der Waals surface area (Å²) >= 11 is 0. The lowest BCUT2D eigenvalue weighted by Crippen LogP contribution is -2.43. The predicted octanol–water partition coefficient (Wildman–Crippen LogP) is 5.20. The van der Waals surface area contributed by atoms with E-state index in [1.165, 1.54) is 82.9 Å². The number of benzene rings is 1. The lowest BCUT2D eigenvalue weighted by Gasteiger charge is -2.38. The van der Waals surface area contributed by atoms with Gasteiger partial charge >= 0.3 is 0 Å². The molecule has 1 aliphatic heterocycles. The highest BCUT2D eigenvalue weighted by molar-refractivity contribution is 5.17. The Morgan fingerprint density at radius 2 is 1.44 bits per heavy atom. The van der Waals surface area contributed by atoms with Gasteiger partial charge in [-0.3, -0.25) is 0 Å². The van der Waals surface area contributed by atoms with E-state index in [0.717, 1.165) is 19.4 Å². The minimum absolute atomic E-state index is 0.474. The van der Waals surface area contributed by atoms with Crippen molar-refractivity contribution in [3.05, 3.63) is 35.9 Å². The van der Waals surface area contributed by atoms with Crippen LogP contribution in [0.5, 0.6) is 0 Å². The molecule has 25 heavy (non-hydrogen) atoms. The molecule has 1 saturated heterocycles. The molecule has 0 radical (unpaired) electrons. The quantitative estimate of drug-likeness (QED) is 0.718. The predicted molar refractivity (Wildman–Crippen MR) is 106 cm³/mol. The Labute approximate surface area is 154 Å². The Hall–Kier alpha value is -0.860. The highest BCUT2D eigenvalue weighted by Crippen LogP contribution is 2.36. The fourth-order valence-corrected chi connectivity index (χ4v) is 4.91. The van der Waals surface area contributed by atoms with Crippen molar-refractivity contribution in [3.8, 4) is 0 Å². The molecule has 1 aliphatic carbocycles. The van der Waals surface area contributed by atoms with Crippen LogP contribution in [-0.4, -0.2) is 35.2 Å². The minimum Gasteiger partial charge on any atom is -0.389 e. The zero-order valence-corrected chi connectivity index (χ0v) is 16.0. The van der Waals surface area contributed by atoms with Crippen molar-refractivity contribution in [3.63, 3.8) is 0 Å². The summed E-state index contributed by atoms with van der Waals surface area (Å²) in [6.45, 7) is 3.53. The molecule has 2 aliphatic rings. The van der Waals surface area contributed by atoms with Gasteiger partial charge in [-0.15, -0.1) is 0 Å². The summed E-state index contributed by atoms with van der Waals surface area (Å²) in [5, 5.41) is 11.8. The Morgan fingerprint density at radius 3 is 2.08 bits per heavy atom. The van der Waals surface area contributed by atoms with E-state index in [9.17, 15) is 5.11 Å². The molecule has 0 aromatic heterocycles. The summed E-state index contributed by atoms with van der Waals surface area (Å²) in [6.07, 6.45) is 14.9. The Kier molecular flexibility index (Phi) is 7.36. The highest BCUT2D eigenvalue weighted by Gasteiger charge is 2.36. The van der Waals surface area contributed by atoms with Gasteiger partial charge in [0, 0.05) is 13.0 Å². The van der Waals surface area contributed by atoms with Crippen molar-refractivity contribution >= 4 is 0 Å². The van der Waals surface area contributed by atoms with Gasteiger partial charge in [-0.2, -0.15) is 0 Å². The molecule has 1 N–H and O–H groups in total. The van der Waals surface area contributed by atoms with E-state index in [1.807, 2.05) is 0 Å². The van der Waals surface area contributed by atoms with Crippen molar-refractivity contribution in [2.24, 2.45) is 5.92 Å². The van der Waals surface area contributed by atoms with E-state index in [0.29, 0.717) is 5.92 Å². The van der Waals surface area contributed by atoms with Gasteiger partial charge in [0.15, 0.2) is 0 Å². The van der Waals surface area contributed by atoms with Crippen molar-refractivity contribution in [1.29, 1.82) is 0 Å². The summed E-state index contributed by atoms with van der Waals surface area (Å²) in [7, 11) is 0. The molecule has 0 amide bonds. The molecule has 1 atom stereocenters. The van der Waals surface area contributed by atoms with E-state index in [-0.39, 0.29) is 0 Å². The average Bonchev–Trinajstić information content (AvgIpc) is 3.06. The van der Waals surface area contributed by atoms with Crippen LogP contribution in [0.3, 0.4) is 0 Å². The van der Waals surface area contributed by atoms with Crippen LogP contribution in [0, 0.1) is 5.92 Å². The number of hydrogen-bond donors (Lipinski definition) is 1. The molecular weight excluding hydrogens is 306 g/mol. The molecule has 3 rings (SSSR count). The molecule has 1 aromatic rings. The summed E-state index contributed by atoms with van der Waals surface area (Å²) in [6, 6.07) is 10.7. The first-order chi connectivity index (χ1) is 12.3. The van der Waals surface area contributed by atoms with Crippen molar-refractivity contribution in [1.82, 2.24) is 4.90 Å². The van der Waals surface area contributed by atoms with Gasteiger partial charge in [-0.05, 0) is 56.7 Å². The Morgan fingerprint density at radius 1 is 0.840 bits per heavy atom. The maximum atomic E-state index is 11.8. The van der Waals surface area contributed by atoms with Gasteiger partial charge in [0.05, 0.1) is 5.60 Å². The van der Waals surface area contributed by atoms with Crippen LogP contribution in [0.1, 0.15) is 76.2 Å². The molecule has 0 bridgehead atoms. The van der Waals surface area contributed by atoms with Gasteiger partial charge in [0.2, 0.25) is 0 Å². The number of rotatable bonds is 6. The maximum Gasteiger partial charge on any atom is 0.0728 e. The van der Waals surface area contributed by atoms with E-state index < -0.39 is 5.60 Å². The molecule has 2 fully saturated rings. The van der Waals surface area contributed by atoms with Crippen LogP contribution in [0.2, 0.25) is 0 Å². The molecule has 2 heteroatoms. The second kappa shape index (κ2) is 9.73. The normalized spacial score (nSPS) is 23.6. The van der Waals surface area contributed by atoms with Crippen molar-refractivity contribution in [2.75, 3.05) is 19.6 Å². The zero-order chi connectivity index (χ0) is 17.4. The molecule has 0 spiro atoms. The van der Waals surface area contributed by atoms with Crippen molar-refractivity contribution < 1.29 is 5.11 Å². The van der Waals surface area contributed by atoms with Crippen LogP contribution < -0.4 is 0 Å². The Bertz CT molecular complexity index is 472. The largest absolute Gasteiger partial charge is 0.389 e. The van der Waals surface area contributed by atoms with Gasteiger partial charge in [0.25, 0.3) is 0 Å². The van der Waals surface area contributed by atoms with E-state index in [4.69, 9.17) is 0 Å². The highest BCUT2D eigenvalue weighted by atomic mass is 16.3. The first-order valence-electron chi connectivity index (χ1n) is 10.7. The number of likely N-dealkylation sites (tertiary alicyclic amines) is 1. The van der Waals surface area contributed by atoms with Gasteiger partial charge in [-0.25, -0.2) is 0 Å². The zero-order valence-electron chi connectivity index (χ0n) is 16.0. The lowest BCUT2D eigenvalue weighted by atomic mass is 9.76. The summed E-state index contributed by atoms with van der Waals surface area (Å²) in [5.41, 5.74) is 0.767. The smallest absolute Gasteiger partial charge is 0.0728 e. The summed E-state index contributed by atoms with van der Waals surface area (Å²) < 4.78 is 0. The molecule has 1 aromatic carbocycles. The molecule has 140 valence electrons. The fourth-order valence-electron chi connectivity index (χ4n) is 4.91. The molecule has 2 nitrogen and oxygen atoms in total. The number of aliphatic hydroxyl groups is 1. The molecular formula is C23H37NO. The van der Waals surface area contributed by atoms with E-state index >= 15 is 0 Å². The SMILES string of the molecule is OC(CCN1CCCCCC1)(Cc1ccccc1)C1CCCCCC1. The average molecular weight is 344 g/mol. The maximum absolute atomic E-state index is 11.8. The van der Waals surface area contributed by atoms with Crippen LogP contribution >= 0.6 is 0 Å². The fraction of sp³-hybridized carbons (Fsp3) is 0.739. The Balaban J connectivity index is 1.68. The van der Waals surface area contributed by atoms with Crippen LogP contribution in [0.15, 0.2) is 30.3 Å². The standard InChI is InChI=1S/C23H37NO/c25-23(20-21-12-6-5-7-13-21,22-14-8-1-2-9-15-22)16-19-24-17-10-3-4-11-18-24/h5-7,12-13,22,25H,1-4,8-11,14-20H2. The minimum atomic E-state index is -0.530. The van der Waals surface area contributed by atoms with Crippen molar-refractivity contribution in [2.45, 2.75) is 82.7 Å². The molecule has 1 heterocycles. The van der Waals surface area contributed by atoms with E-state index in [2.05, 4.69) is 35.2 Å². The molecule has 1 saturated carbocycles. The van der Waals surface area contributed by atoms with Crippen LogP contribution in [-0.2, 0) is 6.42 Å². The van der Waals surface area contributed by atoms with Gasteiger partial charge < -0.3 is 10.0 Å². The van der Waals surface area contributed by atoms with Crippen LogP contribution in [0.4, 0.5) is 0 Å².